The molecule has 1 saturated heterocycles. The minimum atomic E-state index is -0.365. The third-order valence-corrected chi connectivity index (χ3v) is 7.48. The lowest BCUT2D eigenvalue weighted by molar-refractivity contribution is -0.0693. The van der Waals surface area contributed by atoms with E-state index in [-0.39, 0.29) is 32.7 Å². The van der Waals surface area contributed by atoms with Gasteiger partial charge in [-0.05, 0) is 50.0 Å². The maximum Gasteiger partial charge on any atom is 0.158 e. The number of halogens is 2. The van der Waals surface area contributed by atoms with Crippen LogP contribution < -0.4 is 0 Å². The molecule has 0 spiro atoms. The van der Waals surface area contributed by atoms with Gasteiger partial charge >= 0.3 is 0 Å². The van der Waals surface area contributed by atoms with E-state index in [0.717, 1.165) is 0 Å². The van der Waals surface area contributed by atoms with Crippen molar-refractivity contribution < 1.29 is 18.8 Å². The Morgan fingerprint density at radius 3 is 2.68 bits per heavy atom. The van der Waals surface area contributed by atoms with Crippen molar-refractivity contribution in [1.82, 2.24) is 0 Å². The van der Waals surface area contributed by atoms with Gasteiger partial charge in [0.25, 0.3) is 0 Å². The monoisotopic (exact) mass is 530 g/mol. The number of aliphatic hydroxyl groups excluding tert-OH is 1. The third kappa shape index (κ3) is 4.91. The van der Waals surface area contributed by atoms with Crippen molar-refractivity contribution in [2.75, 3.05) is 13.2 Å². The summed E-state index contributed by atoms with van der Waals surface area (Å²) in [5.41, 5.74) is 0. The van der Waals surface area contributed by atoms with Crippen LogP contribution in [-0.4, -0.2) is 36.8 Å². The lowest BCUT2D eigenvalue weighted by Crippen LogP contribution is -2.26. The summed E-state index contributed by atoms with van der Waals surface area (Å²) in [6.45, 7) is 5.20. The summed E-state index contributed by atoms with van der Waals surface area (Å²) in [7, 11) is 0. The van der Waals surface area contributed by atoms with Crippen LogP contribution in [0.5, 0.6) is 0 Å². The predicted molar refractivity (Wildman–Crippen MR) is 95.5 cm³/mol. The van der Waals surface area contributed by atoms with E-state index in [1.54, 1.807) is 0 Å². The molecule has 2 fully saturated rings. The van der Waals surface area contributed by atoms with Crippen molar-refractivity contribution in [2.24, 2.45) is 11.8 Å². The Balaban J connectivity index is 1.92. The molecular formula is C11H17I2O4PS. The van der Waals surface area contributed by atoms with Gasteiger partial charge in [-0.15, -0.1) is 6.58 Å². The van der Waals surface area contributed by atoms with Crippen LogP contribution in [0, 0.1) is 11.8 Å². The van der Waals surface area contributed by atoms with Gasteiger partial charge in [0, 0.05) is 30.4 Å². The third-order valence-electron chi connectivity index (χ3n) is 3.54. The molecule has 0 unspecified atom stereocenters. The zero-order valence-electron chi connectivity index (χ0n) is 10.3. The molecule has 0 radical (unpaired) electrons. The molecule has 2 aliphatic rings. The topological polar surface area (TPSA) is 47.9 Å². The normalized spacial score (nSPS) is 36.2. The predicted octanol–water partition coefficient (Wildman–Crippen LogP) is 4.06. The molecule has 1 N–H and O–H groups in total. The Kier molecular flexibility index (Phi) is 7.64. The number of hydrogen-bond donors (Lipinski definition) is 1. The summed E-state index contributed by atoms with van der Waals surface area (Å²) in [6, 6.07) is 0. The van der Waals surface area contributed by atoms with Gasteiger partial charge < -0.3 is 18.8 Å². The molecule has 4 atom stereocenters. The molecule has 0 aromatic carbocycles. The molecule has 0 aromatic heterocycles. The Morgan fingerprint density at radius 2 is 2.11 bits per heavy atom. The highest BCUT2D eigenvalue weighted by molar-refractivity contribution is 14.3. The maximum absolute atomic E-state index is 10.2. The van der Waals surface area contributed by atoms with Crippen LogP contribution in [0.4, 0.5) is 0 Å². The number of rotatable bonds is 6. The maximum atomic E-state index is 10.2. The van der Waals surface area contributed by atoms with Crippen molar-refractivity contribution in [2.45, 2.75) is 31.3 Å². The fourth-order valence-corrected chi connectivity index (χ4v) is 5.28. The van der Waals surface area contributed by atoms with Gasteiger partial charge in [0.15, 0.2) is 6.29 Å². The molecule has 0 aromatic rings. The summed E-state index contributed by atoms with van der Waals surface area (Å²) in [6.07, 6.45) is 2.78. The van der Waals surface area contributed by atoms with Crippen molar-refractivity contribution in [3.63, 3.8) is 0 Å². The smallest absolute Gasteiger partial charge is 0.158 e. The zero-order chi connectivity index (χ0) is 13.8. The van der Waals surface area contributed by atoms with Crippen molar-refractivity contribution >= 4 is 58.2 Å². The first kappa shape index (κ1) is 17.2. The summed E-state index contributed by atoms with van der Waals surface area (Å²) >= 11 is 6.23. The van der Waals surface area contributed by atoms with Gasteiger partial charge in [-0.3, -0.25) is 0 Å². The van der Waals surface area contributed by atoms with Crippen molar-refractivity contribution in [3.8, 4) is 0 Å². The summed E-state index contributed by atoms with van der Waals surface area (Å²) < 4.78 is 16.6. The molecule has 0 bridgehead atoms. The van der Waals surface area contributed by atoms with Crippen LogP contribution >= 0.6 is 58.2 Å². The molecule has 1 aliphatic heterocycles. The minimum absolute atomic E-state index is 0.0402. The van der Waals surface area contributed by atoms with Gasteiger partial charge in [-0.1, -0.05) is 6.08 Å². The molecule has 0 amide bonds. The SMILES string of the molecule is C=C[C@@H]1[C@@H](CC2OCCO2)[C@@H](O)C[C@H]1OSP(I)I. The van der Waals surface area contributed by atoms with E-state index in [1.165, 1.54) is 11.7 Å². The molecule has 1 saturated carbocycles. The second-order valence-electron chi connectivity index (χ2n) is 4.60. The van der Waals surface area contributed by atoms with E-state index in [1.807, 2.05) is 6.08 Å². The lowest BCUT2D eigenvalue weighted by atomic mass is 9.90. The quantitative estimate of drug-likeness (QED) is 0.243. The summed E-state index contributed by atoms with van der Waals surface area (Å²) in [5, 5.41) is 10.2. The van der Waals surface area contributed by atoms with Gasteiger partial charge in [0.2, 0.25) is 0 Å². The molecule has 1 aliphatic carbocycles. The van der Waals surface area contributed by atoms with Crippen molar-refractivity contribution in [3.05, 3.63) is 12.7 Å². The molecule has 110 valence electrons. The second-order valence-corrected chi connectivity index (χ2v) is 22.1. The number of aliphatic hydroxyl groups is 1. The standard InChI is InChI=1S/C11H17I2O4PS/c1-2-7-8(5-11-15-3-4-16-11)9(14)6-10(7)17-19-18(12)13/h2,7-11,14H,1,3-6H2/t7-,8-,9+,10-/m1/s1. The highest BCUT2D eigenvalue weighted by atomic mass is 127. The fraction of sp³-hybridized carbons (Fsp3) is 0.818. The summed E-state index contributed by atoms with van der Waals surface area (Å²) in [5.74, 6) is 0.277. The molecule has 8 heteroatoms. The minimum Gasteiger partial charge on any atom is -0.393 e. The van der Waals surface area contributed by atoms with E-state index < -0.39 is 0 Å². The van der Waals surface area contributed by atoms with Crippen LogP contribution in [0.2, 0.25) is 0 Å². The zero-order valence-corrected chi connectivity index (χ0v) is 16.3. The number of hydrogen-bond acceptors (Lipinski definition) is 5. The second kappa shape index (κ2) is 8.45. The van der Waals surface area contributed by atoms with Crippen LogP contribution in [0.15, 0.2) is 12.7 Å². The largest absolute Gasteiger partial charge is 0.393 e. The van der Waals surface area contributed by atoms with Gasteiger partial charge in [-0.25, -0.2) is 0 Å². The average Bonchev–Trinajstić information content (AvgIpc) is 2.96. The summed E-state index contributed by atoms with van der Waals surface area (Å²) in [4.78, 5) is 0. The van der Waals surface area contributed by atoms with Crippen LogP contribution in [-0.2, 0) is 13.7 Å². The molecular weight excluding hydrogens is 513 g/mol. The highest BCUT2D eigenvalue weighted by Crippen LogP contribution is 2.65. The Labute approximate surface area is 145 Å². The molecule has 1 heterocycles. The van der Waals surface area contributed by atoms with Gasteiger partial charge in [0.05, 0.1) is 25.4 Å². The first-order chi connectivity index (χ1) is 9.11. The Bertz CT molecular complexity index is 304. The Morgan fingerprint density at radius 1 is 1.42 bits per heavy atom. The van der Waals surface area contributed by atoms with E-state index >= 15 is 0 Å². The average molecular weight is 530 g/mol. The van der Waals surface area contributed by atoms with E-state index in [4.69, 9.17) is 13.7 Å². The first-order valence-electron chi connectivity index (χ1n) is 6.10. The van der Waals surface area contributed by atoms with Crippen LogP contribution in [0.1, 0.15) is 12.8 Å². The highest BCUT2D eigenvalue weighted by Gasteiger charge is 2.43. The Hall–Kier alpha value is 1.82. The van der Waals surface area contributed by atoms with Gasteiger partial charge in [0.1, 0.15) is 2.41 Å². The van der Waals surface area contributed by atoms with Crippen LogP contribution in [0.3, 0.4) is 0 Å². The molecule has 4 nitrogen and oxygen atoms in total. The van der Waals surface area contributed by atoms with Gasteiger partial charge in [-0.2, -0.15) is 0 Å². The lowest BCUT2D eigenvalue weighted by Gasteiger charge is -2.24. The molecule has 19 heavy (non-hydrogen) atoms. The van der Waals surface area contributed by atoms with Crippen LogP contribution in [0.25, 0.3) is 0 Å². The van der Waals surface area contributed by atoms with E-state index in [0.29, 0.717) is 26.1 Å². The van der Waals surface area contributed by atoms with Crippen molar-refractivity contribution in [1.29, 1.82) is 0 Å². The first-order valence-corrected chi connectivity index (χ1v) is 14.4. The van der Waals surface area contributed by atoms with E-state index in [2.05, 4.69) is 50.7 Å². The van der Waals surface area contributed by atoms with E-state index in [9.17, 15) is 5.11 Å². The fourth-order valence-electron chi connectivity index (χ4n) is 2.70. The number of ether oxygens (including phenoxy) is 2. The molecule has 2 rings (SSSR count).